The number of hydrogen-bond donors (Lipinski definition) is 1. The number of rotatable bonds is 3. The number of halogens is 1. The van der Waals surface area contributed by atoms with Gasteiger partial charge in [-0.2, -0.15) is 0 Å². The summed E-state index contributed by atoms with van der Waals surface area (Å²) in [4.78, 5) is 19.2. The van der Waals surface area contributed by atoms with Crippen molar-refractivity contribution in [1.82, 2.24) is 20.1 Å². The van der Waals surface area contributed by atoms with Crippen molar-refractivity contribution in [2.24, 2.45) is 0 Å². The Bertz CT molecular complexity index is 922. The number of hydrogen-bond acceptors (Lipinski definition) is 4. The summed E-state index contributed by atoms with van der Waals surface area (Å²) in [7, 11) is 1.54. The highest BCUT2D eigenvalue weighted by Gasteiger charge is 2.31. The van der Waals surface area contributed by atoms with Gasteiger partial charge in [0.1, 0.15) is 0 Å². The highest BCUT2D eigenvalue weighted by Crippen LogP contribution is 2.34. The second-order valence-corrected chi connectivity index (χ2v) is 6.50. The number of nitrogens with one attached hydrogen (secondary N) is 1. The van der Waals surface area contributed by atoms with Gasteiger partial charge in [0.25, 0.3) is 5.91 Å². The van der Waals surface area contributed by atoms with Crippen LogP contribution in [0.15, 0.2) is 36.5 Å². The Morgan fingerprint density at radius 1 is 1.36 bits per heavy atom. The Hall–Kier alpha value is -2.60. The van der Waals surface area contributed by atoms with Crippen molar-refractivity contribution < 1.29 is 9.53 Å². The number of pyridine rings is 1. The standard InChI is InChI=1S/C18H17ClN4O2/c1-25-17-14-9-12(10-20-16(14)21-22-17)18(24)23-8-2-3-15(23)11-4-6-13(19)7-5-11/h4-7,9-10,15H,2-3,8H2,1H3,(H,20,21,22)/t15-/m0/s1. The highest BCUT2D eigenvalue weighted by atomic mass is 35.5. The molecule has 1 aromatic carbocycles. The van der Waals surface area contributed by atoms with Crippen molar-refractivity contribution in [2.45, 2.75) is 18.9 Å². The quantitative estimate of drug-likeness (QED) is 0.778. The van der Waals surface area contributed by atoms with Crippen LogP contribution in [0.5, 0.6) is 5.88 Å². The van der Waals surface area contributed by atoms with Crippen LogP contribution in [0.25, 0.3) is 11.0 Å². The first-order chi connectivity index (χ1) is 12.2. The van der Waals surface area contributed by atoms with Crippen molar-refractivity contribution in [3.63, 3.8) is 0 Å². The SMILES string of the molecule is COc1n[nH]c2ncc(C(=O)N3CCC[C@H]3c3ccc(Cl)cc3)cc12. The lowest BCUT2D eigenvalue weighted by Gasteiger charge is -2.25. The monoisotopic (exact) mass is 356 g/mol. The van der Waals surface area contributed by atoms with Crippen LogP contribution in [-0.4, -0.2) is 39.6 Å². The molecular formula is C18H17ClN4O2. The van der Waals surface area contributed by atoms with E-state index >= 15 is 0 Å². The molecule has 4 rings (SSSR count). The summed E-state index contributed by atoms with van der Waals surface area (Å²) in [5.74, 6) is 0.405. The van der Waals surface area contributed by atoms with Crippen molar-refractivity contribution in [3.8, 4) is 5.88 Å². The zero-order valence-electron chi connectivity index (χ0n) is 13.7. The zero-order valence-corrected chi connectivity index (χ0v) is 14.5. The van der Waals surface area contributed by atoms with Gasteiger partial charge in [-0.3, -0.25) is 9.89 Å². The Morgan fingerprint density at radius 3 is 2.92 bits per heavy atom. The van der Waals surface area contributed by atoms with E-state index in [2.05, 4.69) is 15.2 Å². The summed E-state index contributed by atoms with van der Waals surface area (Å²) in [5.41, 5.74) is 2.24. The number of benzene rings is 1. The van der Waals surface area contributed by atoms with Gasteiger partial charge in [-0.05, 0) is 36.6 Å². The molecule has 1 atom stereocenters. The molecule has 1 fully saturated rings. The van der Waals surface area contributed by atoms with Crippen LogP contribution >= 0.6 is 11.6 Å². The normalized spacial score (nSPS) is 17.2. The van der Waals surface area contributed by atoms with Gasteiger partial charge in [0.2, 0.25) is 5.88 Å². The lowest BCUT2D eigenvalue weighted by atomic mass is 10.0. The average molecular weight is 357 g/mol. The molecule has 7 heteroatoms. The van der Waals surface area contributed by atoms with E-state index in [9.17, 15) is 4.79 Å². The van der Waals surface area contributed by atoms with Gasteiger partial charge >= 0.3 is 0 Å². The summed E-state index contributed by atoms with van der Waals surface area (Å²) < 4.78 is 5.21. The summed E-state index contributed by atoms with van der Waals surface area (Å²) in [6.07, 6.45) is 3.50. The fraction of sp³-hybridized carbons (Fsp3) is 0.278. The van der Waals surface area contributed by atoms with E-state index in [1.807, 2.05) is 29.2 Å². The van der Waals surface area contributed by atoms with E-state index in [0.29, 0.717) is 27.5 Å². The highest BCUT2D eigenvalue weighted by molar-refractivity contribution is 6.30. The van der Waals surface area contributed by atoms with Gasteiger partial charge in [0.15, 0.2) is 5.65 Å². The number of aromatic nitrogens is 3. The topological polar surface area (TPSA) is 71.1 Å². The number of likely N-dealkylation sites (tertiary alicyclic amines) is 1. The number of carbonyl (C=O) groups is 1. The first kappa shape index (κ1) is 15.9. The average Bonchev–Trinajstić information content (AvgIpc) is 3.28. The molecule has 0 spiro atoms. The fourth-order valence-corrected chi connectivity index (χ4v) is 3.49. The van der Waals surface area contributed by atoms with Gasteiger partial charge < -0.3 is 9.64 Å². The molecule has 3 heterocycles. The molecule has 2 aromatic heterocycles. The molecule has 0 radical (unpaired) electrons. The maximum absolute atomic E-state index is 13.1. The summed E-state index contributed by atoms with van der Waals surface area (Å²) in [6, 6.07) is 9.54. The van der Waals surface area contributed by atoms with E-state index in [1.54, 1.807) is 19.4 Å². The van der Waals surface area contributed by atoms with E-state index < -0.39 is 0 Å². The first-order valence-corrected chi connectivity index (χ1v) is 8.49. The third-order valence-electron chi connectivity index (χ3n) is 4.59. The van der Waals surface area contributed by atoms with E-state index in [0.717, 1.165) is 24.9 Å². The van der Waals surface area contributed by atoms with Crippen molar-refractivity contribution in [3.05, 3.63) is 52.7 Å². The van der Waals surface area contributed by atoms with Crippen LogP contribution in [-0.2, 0) is 0 Å². The molecule has 6 nitrogen and oxygen atoms in total. The summed E-state index contributed by atoms with van der Waals surface area (Å²) in [5, 5.41) is 8.23. The van der Waals surface area contributed by atoms with Gasteiger partial charge in [0, 0.05) is 17.8 Å². The maximum atomic E-state index is 13.1. The van der Waals surface area contributed by atoms with Crippen molar-refractivity contribution in [1.29, 1.82) is 0 Å². The molecule has 128 valence electrons. The smallest absolute Gasteiger partial charge is 0.255 e. The Morgan fingerprint density at radius 2 is 2.16 bits per heavy atom. The third kappa shape index (κ3) is 2.82. The maximum Gasteiger partial charge on any atom is 0.255 e. The number of nitrogens with zero attached hydrogens (tertiary/aromatic N) is 3. The molecule has 0 saturated carbocycles. The van der Waals surface area contributed by atoms with Gasteiger partial charge in [-0.15, -0.1) is 5.10 Å². The molecule has 0 unspecified atom stereocenters. The third-order valence-corrected chi connectivity index (χ3v) is 4.84. The second kappa shape index (κ2) is 6.37. The molecule has 1 aliphatic heterocycles. The number of carbonyl (C=O) groups excluding carboxylic acids is 1. The number of amides is 1. The van der Waals surface area contributed by atoms with Crippen LogP contribution in [0.3, 0.4) is 0 Å². The molecule has 3 aromatic rings. The molecule has 1 amide bonds. The Kier molecular flexibility index (Phi) is 4.05. The van der Waals surface area contributed by atoms with E-state index in [-0.39, 0.29) is 11.9 Å². The second-order valence-electron chi connectivity index (χ2n) is 6.06. The van der Waals surface area contributed by atoms with Gasteiger partial charge in [-0.1, -0.05) is 23.7 Å². The molecule has 25 heavy (non-hydrogen) atoms. The Labute approximate surface area is 149 Å². The minimum Gasteiger partial charge on any atom is -0.479 e. The lowest BCUT2D eigenvalue weighted by Crippen LogP contribution is -2.30. The van der Waals surface area contributed by atoms with Crippen molar-refractivity contribution >= 4 is 28.5 Å². The van der Waals surface area contributed by atoms with Crippen LogP contribution < -0.4 is 4.74 Å². The number of fused-ring (bicyclic) bond motifs is 1. The van der Waals surface area contributed by atoms with E-state index in [4.69, 9.17) is 16.3 Å². The molecule has 1 saturated heterocycles. The van der Waals surface area contributed by atoms with Crippen molar-refractivity contribution in [2.75, 3.05) is 13.7 Å². The zero-order chi connectivity index (χ0) is 17.4. The predicted molar refractivity (Wildman–Crippen MR) is 94.9 cm³/mol. The number of H-pyrrole nitrogens is 1. The Balaban J connectivity index is 1.66. The van der Waals surface area contributed by atoms with Gasteiger partial charge in [0.05, 0.1) is 24.1 Å². The van der Waals surface area contributed by atoms with Gasteiger partial charge in [-0.25, -0.2) is 4.98 Å². The molecule has 0 bridgehead atoms. The molecule has 0 aliphatic carbocycles. The molecule has 1 aliphatic rings. The summed E-state index contributed by atoms with van der Waals surface area (Å²) >= 11 is 5.98. The van der Waals surface area contributed by atoms with Crippen LogP contribution in [0, 0.1) is 0 Å². The molecular weight excluding hydrogens is 340 g/mol. The van der Waals surface area contributed by atoms with Crippen LogP contribution in [0.2, 0.25) is 5.02 Å². The van der Waals surface area contributed by atoms with Crippen LogP contribution in [0.1, 0.15) is 34.8 Å². The minimum absolute atomic E-state index is 0.0323. The summed E-state index contributed by atoms with van der Waals surface area (Å²) in [6.45, 7) is 0.729. The minimum atomic E-state index is -0.0323. The molecule has 1 N–H and O–H groups in total. The number of methoxy groups -OCH3 is 1. The van der Waals surface area contributed by atoms with Crippen LogP contribution in [0.4, 0.5) is 0 Å². The lowest BCUT2D eigenvalue weighted by molar-refractivity contribution is 0.0735. The van der Waals surface area contributed by atoms with E-state index in [1.165, 1.54) is 0 Å². The largest absolute Gasteiger partial charge is 0.479 e. The fourth-order valence-electron chi connectivity index (χ4n) is 3.36. The number of aromatic amines is 1. The number of ether oxygens (including phenoxy) is 1. The predicted octanol–water partition coefficient (Wildman–Crippen LogP) is 3.60. The first-order valence-electron chi connectivity index (χ1n) is 8.12.